The number of piperidine rings is 1. The van der Waals surface area contributed by atoms with Crippen molar-refractivity contribution in [2.24, 2.45) is 5.92 Å². The van der Waals surface area contributed by atoms with Gasteiger partial charge in [-0.25, -0.2) is 0 Å². The number of halogens is 3. The zero-order valence-electron chi connectivity index (χ0n) is 7.41. The van der Waals surface area contributed by atoms with Crippen LogP contribution in [-0.2, 0) is 9.59 Å². The Balaban J connectivity index is 2.25. The minimum atomic E-state index is -3.32. The Morgan fingerprint density at radius 1 is 1.67 bits per heavy atom. The number of carbonyl (C=O) groups is 2. The minimum Gasteiger partial charge on any atom is -0.308 e. The average Bonchev–Trinajstić information content (AvgIpc) is 2.72. The van der Waals surface area contributed by atoms with Crippen molar-refractivity contribution in [2.75, 3.05) is 0 Å². The molecule has 1 amide bonds. The van der Waals surface area contributed by atoms with E-state index in [-0.39, 0.29) is 6.04 Å². The second-order valence-corrected chi connectivity index (χ2v) is 4.66. The van der Waals surface area contributed by atoms with Crippen LogP contribution in [0.1, 0.15) is 6.42 Å². The molecule has 0 N–H and O–H groups in total. The highest BCUT2D eigenvalue weighted by atomic mass is 127. The molecule has 1 aliphatic carbocycles. The number of alkyl halides is 2. The van der Waals surface area contributed by atoms with Gasteiger partial charge < -0.3 is 4.79 Å². The molecule has 0 aromatic heterocycles. The summed E-state index contributed by atoms with van der Waals surface area (Å²) in [6.07, 6.45) is 0.616. The molecule has 1 unspecified atom stereocenters. The molecule has 0 aromatic carbocycles. The van der Waals surface area contributed by atoms with Gasteiger partial charge in [0.1, 0.15) is 0 Å². The van der Waals surface area contributed by atoms with Crippen molar-refractivity contribution in [3.8, 4) is 0 Å². The number of amides is 1. The van der Waals surface area contributed by atoms with Crippen molar-refractivity contribution >= 4 is 42.3 Å². The van der Waals surface area contributed by atoms with Gasteiger partial charge in [0.25, 0.3) is 0 Å². The third-order valence-corrected chi connectivity index (χ3v) is 3.62. The van der Waals surface area contributed by atoms with E-state index >= 15 is 0 Å². The first-order chi connectivity index (χ1) is 6.84. The molecule has 78 valence electrons. The van der Waals surface area contributed by atoms with Gasteiger partial charge in [0.05, 0.1) is 34.6 Å². The predicted octanol–water partition coefficient (Wildman–Crippen LogP) is 0.824. The summed E-state index contributed by atoms with van der Waals surface area (Å²) in [5, 5.41) is 0. The smallest absolute Gasteiger partial charge is 0.308 e. The minimum absolute atomic E-state index is 0.370. The molecule has 2 aliphatic rings. The van der Waals surface area contributed by atoms with E-state index in [2.05, 4.69) is 0 Å². The van der Waals surface area contributed by atoms with Crippen LogP contribution in [0.4, 0.5) is 8.78 Å². The second kappa shape index (κ2) is 3.26. The largest absolute Gasteiger partial charge is 0.326 e. The fourth-order valence-electron chi connectivity index (χ4n) is 1.84. The zero-order chi connectivity index (χ0) is 11.4. The number of allylic oxidation sites excluding steroid dienone is 1. The first kappa shape index (κ1) is 11.0. The molecule has 1 heterocycles. The molecule has 7 heteroatoms. The summed E-state index contributed by atoms with van der Waals surface area (Å²) in [6, 6.07) is -0.370. The van der Waals surface area contributed by atoms with Gasteiger partial charge in [-0.2, -0.15) is 8.78 Å². The van der Waals surface area contributed by atoms with Gasteiger partial charge in [0.2, 0.25) is 0 Å². The summed E-state index contributed by atoms with van der Waals surface area (Å²) in [4.78, 5) is 21.7. The van der Waals surface area contributed by atoms with Crippen molar-refractivity contribution in [3.05, 3.63) is 11.6 Å². The van der Waals surface area contributed by atoms with Gasteiger partial charge in [-0.3, -0.25) is 7.91 Å². The lowest BCUT2D eigenvalue weighted by molar-refractivity contribution is -0.156. The average molecular weight is 323 g/mol. The zero-order valence-corrected chi connectivity index (χ0v) is 9.57. The van der Waals surface area contributed by atoms with E-state index in [0.29, 0.717) is 5.57 Å². The van der Waals surface area contributed by atoms with Gasteiger partial charge >= 0.3 is 11.8 Å². The number of nitrogens with zero attached hydrogens (tertiary/aromatic N) is 1. The number of hydrogen-bond acceptors (Lipinski definition) is 2. The van der Waals surface area contributed by atoms with Crippen LogP contribution in [0.5, 0.6) is 0 Å². The molecule has 2 atom stereocenters. The molecule has 2 fully saturated rings. The Kier molecular flexibility index (Phi) is 2.40. The quantitative estimate of drug-likeness (QED) is 0.310. The summed E-state index contributed by atoms with van der Waals surface area (Å²) < 4.78 is 27.2. The monoisotopic (exact) mass is 323 g/mol. The van der Waals surface area contributed by atoms with Crippen LogP contribution in [0, 0.1) is 5.92 Å². The molecule has 2 radical (unpaired) electrons. The van der Waals surface area contributed by atoms with E-state index in [4.69, 9.17) is 7.85 Å². The topological polar surface area (TPSA) is 37.4 Å². The third kappa shape index (κ3) is 1.70. The van der Waals surface area contributed by atoms with Crippen LogP contribution >= 0.6 is 22.9 Å². The first-order valence-electron chi connectivity index (χ1n) is 4.23. The Morgan fingerprint density at radius 2 is 2.27 bits per heavy atom. The van der Waals surface area contributed by atoms with Crippen LogP contribution in [0.3, 0.4) is 0 Å². The molecule has 0 bridgehead atoms. The van der Waals surface area contributed by atoms with E-state index in [9.17, 15) is 18.4 Å². The van der Waals surface area contributed by atoms with Crippen LogP contribution in [0.2, 0.25) is 0 Å². The van der Waals surface area contributed by atoms with Gasteiger partial charge in [-0.05, 0) is 11.6 Å². The van der Waals surface area contributed by atoms with Crippen molar-refractivity contribution in [3.63, 3.8) is 0 Å². The molecule has 1 aliphatic heterocycles. The molecule has 2 rings (SSSR count). The maximum Gasteiger partial charge on any atom is 0.326 e. The lowest BCUT2D eigenvalue weighted by Crippen LogP contribution is -2.44. The highest BCUT2D eigenvalue weighted by Gasteiger charge is 2.62. The molecule has 0 spiro atoms. The van der Waals surface area contributed by atoms with E-state index in [1.807, 2.05) is 0 Å². The van der Waals surface area contributed by atoms with Crippen LogP contribution in [0.15, 0.2) is 11.6 Å². The fraction of sp³-hybridized carbons (Fsp3) is 0.500. The summed E-state index contributed by atoms with van der Waals surface area (Å²) in [5.74, 6) is -4.94. The van der Waals surface area contributed by atoms with Crippen LogP contribution in [-0.4, -0.2) is 34.5 Å². The number of fused-ring (bicyclic) bond motifs is 1. The lowest BCUT2D eigenvalue weighted by Gasteiger charge is -2.25. The fourth-order valence-corrected chi connectivity index (χ4v) is 2.91. The number of rotatable bonds is 1. The highest BCUT2D eigenvalue weighted by molar-refractivity contribution is 14.1. The Bertz CT molecular complexity index is 385. The molecular weight excluding hydrogens is 318 g/mol. The molecule has 15 heavy (non-hydrogen) atoms. The van der Waals surface area contributed by atoms with E-state index in [0.717, 1.165) is 9.19 Å². The van der Waals surface area contributed by atoms with Gasteiger partial charge in [-0.15, -0.1) is 0 Å². The molecule has 1 saturated carbocycles. The predicted molar refractivity (Wildman–Crippen MR) is 56.6 cm³/mol. The van der Waals surface area contributed by atoms with Gasteiger partial charge in [0, 0.05) is 12.3 Å². The van der Waals surface area contributed by atoms with E-state index in [1.165, 1.54) is 0 Å². The molecular formula is C8H5BF2INO2. The van der Waals surface area contributed by atoms with Crippen LogP contribution in [0.25, 0.3) is 0 Å². The standard InChI is InChI=1S/C8H5BF2INO2/c9-5(14)1-3-4-2-8(10,11)7(15)13(12)6(3)4/h1,4,6H,2H2/b3-1-/t4-,6?/m1/s1. The van der Waals surface area contributed by atoms with Crippen molar-refractivity contribution < 1.29 is 18.4 Å². The Labute approximate surface area is 99.8 Å². The van der Waals surface area contributed by atoms with Gasteiger partial charge in [0.15, 0.2) is 7.85 Å². The lowest BCUT2D eigenvalue weighted by atomic mass is 10.0. The molecule has 1 saturated heterocycles. The van der Waals surface area contributed by atoms with Crippen molar-refractivity contribution in [1.82, 2.24) is 3.11 Å². The van der Waals surface area contributed by atoms with Gasteiger partial charge in [-0.1, -0.05) is 0 Å². The number of hydrogen-bond donors (Lipinski definition) is 0. The Morgan fingerprint density at radius 3 is 2.80 bits per heavy atom. The number of carbonyl (C=O) groups excluding carboxylic acids is 2. The normalized spacial score (nSPS) is 35.3. The van der Waals surface area contributed by atoms with E-state index in [1.54, 1.807) is 22.9 Å². The summed E-state index contributed by atoms with van der Waals surface area (Å²) >= 11 is 1.55. The summed E-state index contributed by atoms with van der Waals surface area (Å²) in [6.45, 7) is 0. The Hall–Kier alpha value is -0.465. The highest BCUT2D eigenvalue weighted by Crippen LogP contribution is 2.54. The van der Waals surface area contributed by atoms with Crippen molar-refractivity contribution in [1.29, 1.82) is 0 Å². The first-order valence-corrected chi connectivity index (χ1v) is 5.19. The third-order valence-electron chi connectivity index (χ3n) is 2.58. The SMILES string of the molecule is [B]C(=O)/C=C1\C2[C@@H]1CC(F)(F)C(=O)N2I. The second-order valence-electron chi connectivity index (χ2n) is 3.62. The molecule has 0 aromatic rings. The van der Waals surface area contributed by atoms with E-state index < -0.39 is 29.9 Å². The maximum atomic E-state index is 13.1. The summed E-state index contributed by atoms with van der Waals surface area (Å²) in [5.41, 5.74) is -0.137. The summed E-state index contributed by atoms with van der Waals surface area (Å²) in [7, 11) is 4.93. The van der Waals surface area contributed by atoms with Crippen molar-refractivity contribution in [2.45, 2.75) is 18.4 Å². The maximum absolute atomic E-state index is 13.1. The molecule has 3 nitrogen and oxygen atoms in total. The van der Waals surface area contributed by atoms with Crippen LogP contribution < -0.4 is 0 Å².